The predicted octanol–water partition coefficient (Wildman–Crippen LogP) is 2.90. The van der Waals surface area contributed by atoms with Crippen LogP contribution in [0, 0.1) is 0 Å². The van der Waals surface area contributed by atoms with Gasteiger partial charge in [0.15, 0.2) is 0 Å². The van der Waals surface area contributed by atoms with Gasteiger partial charge in [0.1, 0.15) is 0 Å². The van der Waals surface area contributed by atoms with E-state index in [0.29, 0.717) is 13.2 Å². The Labute approximate surface area is 172 Å². The number of nitrogens with one attached hydrogen (secondary N) is 1. The first-order chi connectivity index (χ1) is 12.5. The maximum Gasteiger partial charge on any atom is 0.235 e. The molecule has 1 aliphatic rings. The number of carbonyl (C=O) groups is 2. The van der Waals surface area contributed by atoms with E-state index in [4.69, 9.17) is 10.5 Å². The first kappa shape index (κ1) is 23.8. The first-order valence-electron chi connectivity index (χ1n) is 9.14. The number of thioether (sulfide) groups is 1. The lowest BCUT2D eigenvalue weighted by atomic mass is 10.1. The van der Waals surface area contributed by atoms with E-state index >= 15 is 0 Å². The molecule has 8 heteroatoms. The third-order valence-corrected chi connectivity index (χ3v) is 5.39. The molecule has 27 heavy (non-hydrogen) atoms. The summed E-state index contributed by atoms with van der Waals surface area (Å²) < 4.78 is 5.79. The predicted molar refractivity (Wildman–Crippen MR) is 113 cm³/mol. The fourth-order valence-corrected chi connectivity index (χ4v) is 3.86. The van der Waals surface area contributed by atoms with Crippen molar-refractivity contribution < 1.29 is 14.3 Å². The molecule has 1 aromatic rings. The van der Waals surface area contributed by atoms with E-state index in [1.54, 1.807) is 11.8 Å². The number of nitrogens with zero attached hydrogens (tertiary/aromatic N) is 1. The summed E-state index contributed by atoms with van der Waals surface area (Å²) in [6.07, 6.45) is 2.90. The van der Waals surface area contributed by atoms with Crippen molar-refractivity contribution in [2.45, 2.75) is 49.4 Å². The maximum atomic E-state index is 12.7. The van der Waals surface area contributed by atoms with Crippen LogP contribution in [0.1, 0.15) is 33.1 Å². The highest BCUT2D eigenvalue weighted by molar-refractivity contribution is 8.00. The van der Waals surface area contributed by atoms with Crippen LogP contribution in [0.3, 0.4) is 0 Å². The Hall–Kier alpha value is -1.28. The zero-order valence-corrected chi connectivity index (χ0v) is 17.6. The van der Waals surface area contributed by atoms with Crippen molar-refractivity contribution >= 4 is 41.7 Å². The van der Waals surface area contributed by atoms with Crippen molar-refractivity contribution in [1.82, 2.24) is 4.90 Å². The van der Waals surface area contributed by atoms with Crippen LogP contribution in [0.25, 0.3) is 0 Å². The van der Waals surface area contributed by atoms with E-state index in [1.807, 2.05) is 36.1 Å². The number of benzene rings is 1. The second kappa shape index (κ2) is 12.2. The number of nitrogens with two attached hydrogens (primary N) is 1. The van der Waals surface area contributed by atoms with Gasteiger partial charge in [-0.3, -0.25) is 9.59 Å². The Morgan fingerprint density at radius 1 is 1.30 bits per heavy atom. The molecule has 0 saturated carbocycles. The number of ether oxygens (including phenoxy) is 1. The van der Waals surface area contributed by atoms with Crippen LogP contribution >= 0.6 is 24.2 Å². The normalized spacial score (nSPS) is 15.7. The van der Waals surface area contributed by atoms with Crippen molar-refractivity contribution in [3.8, 4) is 0 Å². The summed E-state index contributed by atoms with van der Waals surface area (Å²) in [6, 6.07) is 7.56. The van der Waals surface area contributed by atoms with Crippen LogP contribution < -0.4 is 11.1 Å². The molecule has 2 amide bonds. The number of halogens is 1. The topological polar surface area (TPSA) is 84.7 Å². The van der Waals surface area contributed by atoms with Crippen molar-refractivity contribution in [2.75, 3.05) is 31.6 Å². The monoisotopic (exact) mass is 415 g/mol. The summed E-state index contributed by atoms with van der Waals surface area (Å²) in [7, 11) is 0. The van der Waals surface area contributed by atoms with Gasteiger partial charge in [-0.25, -0.2) is 0 Å². The van der Waals surface area contributed by atoms with Gasteiger partial charge in [-0.15, -0.1) is 24.2 Å². The zero-order valence-electron chi connectivity index (χ0n) is 16.0. The molecule has 152 valence electrons. The highest BCUT2D eigenvalue weighted by Gasteiger charge is 2.26. The van der Waals surface area contributed by atoms with E-state index in [-0.39, 0.29) is 35.6 Å². The summed E-state index contributed by atoms with van der Waals surface area (Å²) in [4.78, 5) is 26.7. The van der Waals surface area contributed by atoms with Gasteiger partial charge in [-0.05, 0) is 57.0 Å². The molecule has 1 aromatic carbocycles. The highest BCUT2D eigenvalue weighted by Crippen LogP contribution is 2.27. The minimum atomic E-state index is -0.142. The fourth-order valence-electron chi connectivity index (χ4n) is 2.91. The second-order valence-corrected chi connectivity index (χ2v) is 7.92. The number of hydrogen-bond acceptors (Lipinski definition) is 5. The Morgan fingerprint density at radius 2 is 1.93 bits per heavy atom. The van der Waals surface area contributed by atoms with E-state index in [2.05, 4.69) is 5.32 Å². The molecule has 1 saturated heterocycles. The van der Waals surface area contributed by atoms with E-state index < -0.39 is 0 Å². The average molecular weight is 416 g/mol. The molecule has 1 heterocycles. The van der Waals surface area contributed by atoms with Crippen LogP contribution in [0.5, 0.6) is 0 Å². The van der Waals surface area contributed by atoms with Crippen molar-refractivity contribution in [2.24, 2.45) is 5.73 Å². The van der Waals surface area contributed by atoms with Crippen LogP contribution in [-0.4, -0.2) is 54.3 Å². The summed E-state index contributed by atoms with van der Waals surface area (Å²) >= 11 is 1.54. The number of anilines is 1. The molecule has 1 fully saturated rings. The lowest BCUT2D eigenvalue weighted by Gasteiger charge is -2.33. The van der Waals surface area contributed by atoms with Crippen LogP contribution in [-0.2, 0) is 14.3 Å². The number of hydrogen-bond donors (Lipinski definition) is 2. The van der Waals surface area contributed by atoms with Crippen LogP contribution in [0.4, 0.5) is 5.69 Å². The molecule has 3 N–H and O–H groups in total. The zero-order chi connectivity index (χ0) is 18.9. The molecule has 2 rings (SSSR count). The van der Waals surface area contributed by atoms with E-state index in [0.717, 1.165) is 42.9 Å². The molecule has 0 radical (unpaired) electrons. The molecule has 1 aliphatic heterocycles. The number of carbonyl (C=O) groups excluding carboxylic acids is 2. The lowest BCUT2D eigenvalue weighted by Crippen LogP contribution is -2.44. The molecule has 0 spiro atoms. The molecule has 1 atom stereocenters. The maximum absolute atomic E-state index is 12.7. The third kappa shape index (κ3) is 8.09. The van der Waals surface area contributed by atoms with Gasteiger partial charge < -0.3 is 20.7 Å². The van der Waals surface area contributed by atoms with Gasteiger partial charge in [0.2, 0.25) is 11.8 Å². The molecule has 6 nitrogen and oxygen atoms in total. The van der Waals surface area contributed by atoms with Gasteiger partial charge in [-0.1, -0.05) is 0 Å². The minimum Gasteiger partial charge on any atom is -0.378 e. The average Bonchev–Trinajstić information content (AvgIpc) is 2.63. The number of piperidine rings is 1. The molecule has 0 aliphatic carbocycles. The van der Waals surface area contributed by atoms with E-state index in [1.165, 1.54) is 6.92 Å². The summed E-state index contributed by atoms with van der Waals surface area (Å²) in [5, 5.41) is 2.60. The van der Waals surface area contributed by atoms with Gasteiger partial charge in [-0.2, -0.15) is 0 Å². The van der Waals surface area contributed by atoms with Crippen LogP contribution in [0.2, 0.25) is 0 Å². The molecule has 0 bridgehead atoms. The largest absolute Gasteiger partial charge is 0.378 e. The SMILES string of the molecule is CC(=O)Nc1ccc(SC(C)C(=O)N2CCC(OCCCN)CC2)cc1.Cl. The lowest BCUT2D eigenvalue weighted by molar-refractivity contribution is -0.133. The van der Waals surface area contributed by atoms with Crippen molar-refractivity contribution in [1.29, 1.82) is 0 Å². The Kier molecular flexibility index (Phi) is 10.8. The minimum absolute atomic E-state index is 0. The quantitative estimate of drug-likeness (QED) is 0.503. The molecule has 1 unspecified atom stereocenters. The van der Waals surface area contributed by atoms with Gasteiger partial charge in [0, 0.05) is 37.2 Å². The summed E-state index contributed by atoms with van der Waals surface area (Å²) in [6.45, 7) is 6.28. The summed E-state index contributed by atoms with van der Waals surface area (Å²) in [5.41, 5.74) is 6.24. The molecular formula is C19H30ClN3O3S. The van der Waals surface area contributed by atoms with Crippen LogP contribution in [0.15, 0.2) is 29.2 Å². The van der Waals surface area contributed by atoms with Gasteiger partial charge in [0.25, 0.3) is 0 Å². The molecular weight excluding hydrogens is 386 g/mol. The standard InChI is InChI=1S/C19H29N3O3S.ClH/c1-14(26-18-6-4-16(5-7-18)21-15(2)23)19(24)22-11-8-17(9-12-22)25-13-3-10-20;/h4-7,14,17H,3,8-13,20H2,1-2H3,(H,21,23);1H. The second-order valence-electron chi connectivity index (χ2n) is 6.50. The Balaban J connectivity index is 0.00000364. The number of rotatable bonds is 8. The Morgan fingerprint density at radius 3 is 2.48 bits per heavy atom. The van der Waals surface area contributed by atoms with Crippen molar-refractivity contribution in [3.05, 3.63) is 24.3 Å². The van der Waals surface area contributed by atoms with Gasteiger partial charge in [0.05, 0.1) is 11.4 Å². The first-order valence-corrected chi connectivity index (χ1v) is 10.0. The fraction of sp³-hybridized carbons (Fsp3) is 0.579. The smallest absolute Gasteiger partial charge is 0.235 e. The summed E-state index contributed by atoms with van der Waals surface area (Å²) in [5.74, 6) is 0.0747. The van der Waals surface area contributed by atoms with Crippen molar-refractivity contribution in [3.63, 3.8) is 0 Å². The van der Waals surface area contributed by atoms with E-state index in [9.17, 15) is 9.59 Å². The number of amides is 2. The third-order valence-electron chi connectivity index (χ3n) is 4.29. The Bertz CT molecular complexity index is 592. The highest BCUT2D eigenvalue weighted by atomic mass is 35.5. The number of likely N-dealkylation sites (tertiary alicyclic amines) is 1. The van der Waals surface area contributed by atoms with Gasteiger partial charge >= 0.3 is 0 Å². The molecule has 0 aromatic heterocycles.